The van der Waals surface area contributed by atoms with Crippen molar-refractivity contribution in [2.45, 2.75) is 6.92 Å². The van der Waals surface area contributed by atoms with Crippen LogP contribution in [0, 0.1) is 10.1 Å². The van der Waals surface area contributed by atoms with E-state index in [0.717, 1.165) is 18.3 Å². The van der Waals surface area contributed by atoms with Crippen LogP contribution in [-0.4, -0.2) is 35.9 Å². The molecule has 0 bridgehead atoms. The SMILES string of the molecule is CCOc1ccc2oc(C(=O)N/N=C/c3cc([N+](=O)[O-])cc(OC)c3O)cc2c1. The van der Waals surface area contributed by atoms with Gasteiger partial charge in [0.25, 0.3) is 5.69 Å². The monoisotopic (exact) mass is 399 g/mol. The Morgan fingerprint density at radius 3 is 2.83 bits per heavy atom. The molecule has 10 heteroatoms. The minimum Gasteiger partial charge on any atom is -0.504 e. The van der Waals surface area contributed by atoms with Crippen molar-refractivity contribution in [3.05, 3.63) is 57.8 Å². The molecule has 3 rings (SSSR count). The molecule has 1 amide bonds. The van der Waals surface area contributed by atoms with Crippen LogP contribution in [0.3, 0.4) is 0 Å². The van der Waals surface area contributed by atoms with Gasteiger partial charge in [0.1, 0.15) is 11.3 Å². The minimum absolute atomic E-state index is 0.00214. The average molecular weight is 399 g/mol. The number of fused-ring (bicyclic) bond motifs is 1. The van der Waals surface area contributed by atoms with E-state index in [1.165, 1.54) is 13.2 Å². The van der Waals surface area contributed by atoms with Crippen LogP contribution in [0.15, 0.2) is 45.9 Å². The third-order valence-corrected chi connectivity index (χ3v) is 3.91. The van der Waals surface area contributed by atoms with Gasteiger partial charge in [-0.15, -0.1) is 0 Å². The van der Waals surface area contributed by atoms with Gasteiger partial charge in [-0.1, -0.05) is 0 Å². The van der Waals surface area contributed by atoms with Gasteiger partial charge in [-0.2, -0.15) is 5.10 Å². The lowest BCUT2D eigenvalue weighted by atomic mass is 10.2. The number of hydrogen-bond acceptors (Lipinski definition) is 8. The van der Waals surface area contributed by atoms with Gasteiger partial charge in [0.15, 0.2) is 17.3 Å². The second-order valence-electron chi connectivity index (χ2n) is 5.79. The third-order valence-electron chi connectivity index (χ3n) is 3.91. The van der Waals surface area contributed by atoms with Crippen LogP contribution < -0.4 is 14.9 Å². The second-order valence-corrected chi connectivity index (χ2v) is 5.79. The minimum atomic E-state index is -0.636. The summed E-state index contributed by atoms with van der Waals surface area (Å²) in [5, 5.41) is 25.5. The number of nitrogens with zero attached hydrogens (tertiary/aromatic N) is 2. The van der Waals surface area contributed by atoms with Crippen LogP contribution in [0.1, 0.15) is 23.0 Å². The average Bonchev–Trinajstić information content (AvgIpc) is 3.12. The van der Waals surface area contributed by atoms with Crippen LogP contribution >= 0.6 is 0 Å². The number of rotatable bonds is 7. The Morgan fingerprint density at radius 1 is 1.34 bits per heavy atom. The van der Waals surface area contributed by atoms with Gasteiger partial charge in [-0.3, -0.25) is 14.9 Å². The van der Waals surface area contributed by atoms with Crippen molar-refractivity contribution in [3.63, 3.8) is 0 Å². The van der Waals surface area contributed by atoms with E-state index in [1.807, 2.05) is 6.92 Å². The van der Waals surface area contributed by atoms with E-state index in [1.54, 1.807) is 18.2 Å². The highest BCUT2D eigenvalue weighted by atomic mass is 16.6. The Morgan fingerprint density at radius 2 is 2.14 bits per heavy atom. The molecule has 0 saturated carbocycles. The number of phenolic OH excluding ortho intramolecular Hbond substituents is 1. The van der Waals surface area contributed by atoms with Gasteiger partial charge < -0.3 is 19.0 Å². The maximum atomic E-state index is 12.3. The van der Waals surface area contributed by atoms with Crippen LogP contribution in [0.5, 0.6) is 17.2 Å². The van der Waals surface area contributed by atoms with Crippen molar-refractivity contribution in [1.29, 1.82) is 0 Å². The summed E-state index contributed by atoms with van der Waals surface area (Å²) in [6.07, 6.45) is 1.07. The van der Waals surface area contributed by atoms with Crippen molar-refractivity contribution >= 4 is 28.8 Å². The lowest BCUT2D eigenvalue weighted by Crippen LogP contribution is -2.16. The summed E-state index contributed by atoms with van der Waals surface area (Å²) in [6, 6.07) is 8.88. The van der Waals surface area contributed by atoms with Crippen LogP contribution in [0.25, 0.3) is 11.0 Å². The van der Waals surface area contributed by atoms with Gasteiger partial charge in [0.2, 0.25) is 0 Å². The van der Waals surface area contributed by atoms with Gasteiger partial charge >= 0.3 is 5.91 Å². The molecule has 3 aromatic rings. The van der Waals surface area contributed by atoms with Crippen molar-refractivity contribution in [3.8, 4) is 17.2 Å². The zero-order valence-corrected chi connectivity index (χ0v) is 15.5. The fourth-order valence-electron chi connectivity index (χ4n) is 2.58. The molecule has 10 nitrogen and oxygen atoms in total. The van der Waals surface area contributed by atoms with E-state index in [9.17, 15) is 20.0 Å². The van der Waals surface area contributed by atoms with Crippen LogP contribution in [-0.2, 0) is 0 Å². The third kappa shape index (κ3) is 4.26. The number of ether oxygens (including phenoxy) is 2. The number of benzene rings is 2. The van der Waals surface area contributed by atoms with Gasteiger partial charge in [-0.05, 0) is 31.2 Å². The number of hydrazone groups is 1. The summed E-state index contributed by atoms with van der Waals surface area (Å²) in [7, 11) is 1.26. The standard InChI is InChI=1S/C19H17N3O7/c1-3-28-14-4-5-15-11(7-14)8-17(29-15)19(24)21-20-10-12-6-13(22(25)26)9-16(27-2)18(12)23/h4-10,23H,3H2,1-2H3,(H,21,24)/b20-10+. The first kappa shape index (κ1) is 19.7. The molecule has 0 fully saturated rings. The number of phenols is 1. The van der Waals surface area contributed by atoms with Crippen LogP contribution in [0.2, 0.25) is 0 Å². The number of nitro groups is 1. The summed E-state index contributed by atoms with van der Waals surface area (Å²) in [6.45, 7) is 2.38. The largest absolute Gasteiger partial charge is 0.504 e. The normalized spacial score (nSPS) is 11.0. The molecule has 0 saturated heterocycles. The van der Waals surface area contributed by atoms with Crippen molar-refractivity contribution in [1.82, 2.24) is 5.43 Å². The Labute approximate surface area is 164 Å². The molecule has 0 unspecified atom stereocenters. The molecule has 1 heterocycles. The van der Waals surface area contributed by atoms with Crippen molar-refractivity contribution in [2.24, 2.45) is 5.10 Å². The number of methoxy groups -OCH3 is 1. The fraction of sp³-hybridized carbons (Fsp3) is 0.158. The molecule has 0 aliphatic rings. The second kappa shape index (κ2) is 8.30. The van der Waals surface area contributed by atoms with Crippen LogP contribution in [0.4, 0.5) is 5.69 Å². The summed E-state index contributed by atoms with van der Waals surface area (Å²) < 4.78 is 15.8. The van der Waals surface area contributed by atoms with E-state index in [2.05, 4.69) is 10.5 Å². The Kier molecular flexibility index (Phi) is 5.63. The lowest BCUT2D eigenvalue weighted by Gasteiger charge is -2.05. The van der Waals surface area contributed by atoms with E-state index in [-0.39, 0.29) is 28.5 Å². The molecule has 150 valence electrons. The summed E-state index contributed by atoms with van der Waals surface area (Å²) in [4.78, 5) is 22.6. The first-order valence-electron chi connectivity index (χ1n) is 8.48. The number of carbonyl (C=O) groups excluding carboxylic acids is 1. The molecular formula is C19H17N3O7. The first-order chi connectivity index (χ1) is 13.9. The molecule has 0 aliphatic carbocycles. The molecule has 0 aliphatic heterocycles. The van der Waals surface area contributed by atoms with Gasteiger partial charge in [0.05, 0.1) is 30.9 Å². The fourth-order valence-corrected chi connectivity index (χ4v) is 2.58. The Bertz CT molecular complexity index is 1100. The topological polar surface area (TPSA) is 136 Å². The van der Waals surface area contributed by atoms with Gasteiger partial charge in [0, 0.05) is 17.0 Å². The molecule has 0 spiro atoms. The quantitative estimate of drug-likeness (QED) is 0.353. The number of aromatic hydroxyl groups is 1. The van der Waals surface area contributed by atoms with Crippen molar-refractivity contribution in [2.75, 3.05) is 13.7 Å². The van der Waals surface area contributed by atoms with Crippen molar-refractivity contribution < 1.29 is 28.7 Å². The molecule has 1 aromatic heterocycles. The zero-order valence-electron chi connectivity index (χ0n) is 15.5. The highest BCUT2D eigenvalue weighted by Crippen LogP contribution is 2.33. The Hall–Kier alpha value is -4.08. The van der Waals surface area contributed by atoms with Gasteiger partial charge in [-0.25, -0.2) is 5.43 Å². The van der Waals surface area contributed by atoms with E-state index < -0.39 is 10.8 Å². The number of furan rings is 1. The summed E-state index contributed by atoms with van der Waals surface area (Å²) >= 11 is 0. The van der Waals surface area contributed by atoms with E-state index >= 15 is 0 Å². The highest BCUT2D eigenvalue weighted by Gasteiger charge is 2.16. The maximum Gasteiger partial charge on any atom is 0.307 e. The molecule has 2 aromatic carbocycles. The number of amides is 1. The first-order valence-corrected chi connectivity index (χ1v) is 8.48. The number of carbonyl (C=O) groups is 1. The number of hydrogen-bond donors (Lipinski definition) is 2. The zero-order chi connectivity index (χ0) is 21.0. The summed E-state index contributed by atoms with van der Waals surface area (Å²) in [5.74, 6) is -0.391. The number of non-ortho nitro benzene ring substituents is 1. The smallest absolute Gasteiger partial charge is 0.307 e. The number of nitrogens with one attached hydrogen (secondary N) is 1. The predicted molar refractivity (Wildman–Crippen MR) is 104 cm³/mol. The number of nitro benzene ring substituents is 1. The Balaban J connectivity index is 1.78. The summed E-state index contributed by atoms with van der Waals surface area (Å²) in [5.41, 5.74) is 2.45. The molecule has 29 heavy (non-hydrogen) atoms. The predicted octanol–water partition coefficient (Wildman–Crippen LogP) is 3.22. The molecule has 0 radical (unpaired) electrons. The maximum absolute atomic E-state index is 12.3. The molecule has 0 atom stereocenters. The lowest BCUT2D eigenvalue weighted by molar-refractivity contribution is -0.385. The van der Waals surface area contributed by atoms with E-state index in [4.69, 9.17) is 13.9 Å². The molecular weight excluding hydrogens is 382 g/mol. The highest BCUT2D eigenvalue weighted by molar-refractivity contribution is 5.97. The van der Waals surface area contributed by atoms with E-state index in [0.29, 0.717) is 23.3 Å². The molecule has 2 N–H and O–H groups in total.